The van der Waals surface area contributed by atoms with Crippen LogP contribution in [-0.4, -0.2) is 9.55 Å². The van der Waals surface area contributed by atoms with Gasteiger partial charge in [0.05, 0.1) is 12.3 Å². The van der Waals surface area contributed by atoms with Crippen LogP contribution >= 0.6 is 0 Å². The Bertz CT molecular complexity index is 390. The topological polar surface area (TPSA) is 57.0 Å². The largest absolute Gasteiger partial charge is 0.469 e. The summed E-state index contributed by atoms with van der Waals surface area (Å²) in [4.78, 5) is 4.21. The van der Waals surface area contributed by atoms with E-state index < -0.39 is 0 Å². The number of imidazole rings is 1. The van der Waals surface area contributed by atoms with Gasteiger partial charge in [-0.2, -0.15) is 0 Å². The molecule has 0 aliphatic rings. The van der Waals surface area contributed by atoms with Gasteiger partial charge in [0.1, 0.15) is 11.6 Å². The predicted molar refractivity (Wildman–Crippen MR) is 52.7 cm³/mol. The number of furan rings is 1. The Morgan fingerprint density at radius 2 is 2.36 bits per heavy atom. The third-order valence-corrected chi connectivity index (χ3v) is 2.37. The molecule has 4 heteroatoms. The summed E-state index contributed by atoms with van der Waals surface area (Å²) in [5, 5.41) is 0. The minimum atomic E-state index is -0.214. The van der Waals surface area contributed by atoms with E-state index in [0.29, 0.717) is 0 Å². The van der Waals surface area contributed by atoms with Crippen LogP contribution in [0.15, 0.2) is 29.1 Å². The van der Waals surface area contributed by atoms with Crippen molar-refractivity contribution in [2.75, 3.05) is 0 Å². The third kappa shape index (κ3) is 1.33. The van der Waals surface area contributed by atoms with Crippen molar-refractivity contribution in [2.45, 2.75) is 13.0 Å². The lowest BCUT2D eigenvalue weighted by Gasteiger charge is -2.10. The van der Waals surface area contributed by atoms with Crippen LogP contribution in [-0.2, 0) is 7.05 Å². The van der Waals surface area contributed by atoms with Crippen LogP contribution in [0.4, 0.5) is 0 Å². The van der Waals surface area contributed by atoms with Crippen molar-refractivity contribution in [3.63, 3.8) is 0 Å². The second-order valence-electron chi connectivity index (χ2n) is 3.31. The van der Waals surface area contributed by atoms with Gasteiger partial charge in [-0.05, 0) is 13.0 Å². The minimum absolute atomic E-state index is 0.214. The number of aryl methyl sites for hydroxylation is 2. The molecule has 74 valence electrons. The van der Waals surface area contributed by atoms with Crippen LogP contribution in [0.5, 0.6) is 0 Å². The molecular formula is C10H13N3O. The molecule has 0 amide bonds. The fourth-order valence-corrected chi connectivity index (χ4v) is 1.53. The molecule has 14 heavy (non-hydrogen) atoms. The van der Waals surface area contributed by atoms with Crippen molar-refractivity contribution in [1.29, 1.82) is 0 Å². The Morgan fingerprint density at radius 3 is 2.86 bits per heavy atom. The highest BCUT2D eigenvalue weighted by Gasteiger charge is 2.16. The zero-order valence-electron chi connectivity index (χ0n) is 8.27. The van der Waals surface area contributed by atoms with Crippen molar-refractivity contribution in [3.05, 3.63) is 41.9 Å². The average Bonchev–Trinajstić information content (AvgIpc) is 2.73. The maximum Gasteiger partial charge on any atom is 0.130 e. The molecule has 0 aliphatic carbocycles. The molecular weight excluding hydrogens is 178 g/mol. The van der Waals surface area contributed by atoms with Gasteiger partial charge >= 0.3 is 0 Å². The maximum atomic E-state index is 6.06. The molecule has 1 atom stereocenters. The molecule has 0 radical (unpaired) electrons. The molecule has 2 N–H and O–H groups in total. The van der Waals surface area contributed by atoms with E-state index in [2.05, 4.69) is 4.98 Å². The van der Waals surface area contributed by atoms with Crippen molar-refractivity contribution >= 4 is 0 Å². The first-order chi connectivity index (χ1) is 6.70. The lowest BCUT2D eigenvalue weighted by molar-refractivity contribution is 0.526. The van der Waals surface area contributed by atoms with E-state index in [1.54, 1.807) is 12.5 Å². The lowest BCUT2D eigenvalue weighted by atomic mass is 10.1. The molecule has 0 bridgehead atoms. The summed E-state index contributed by atoms with van der Waals surface area (Å²) in [5.74, 6) is 1.69. The molecule has 2 heterocycles. The summed E-state index contributed by atoms with van der Waals surface area (Å²) in [6.07, 6.45) is 5.27. The van der Waals surface area contributed by atoms with Gasteiger partial charge in [0, 0.05) is 25.0 Å². The first-order valence-corrected chi connectivity index (χ1v) is 4.47. The van der Waals surface area contributed by atoms with Crippen molar-refractivity contribution in [2.24, 2.45) is 12.8 Å². The summed E-state index contributed by atoms with van der Waals surface area (Å²) in [7, 11) is 1.93. The van der Waals surface area contributed by atoms with Crippen LogP contribution < -0.4 is 5.73 Å². The highest BCUT2D eigenvalue weighted by Crippen LogP contribution is 2.21. The Kier molecular flexibility index (Phi) is 2.13. The molecule has 2 rings (SSSR count). The molecule has 0 spiro atoms. The normalized spacial score (nSPS) is 13.1. The summed E-state index contributed by atoms with van der Waals surface area (Å²) in [5.41, 5.74) is 7.05. The fourth-order valence-electron chi connectivity index (χ4n) is 1.53. The van der Waals surface area contributed by atoms with E-state index in [1.807, 2.05) is 30.8 Å². The number of rotatable bonds is 2. The Balaban J connectivity index is 2.38. The van der Waals surface area contributed by atoms with Gasteiger partial charge in [-0.3, -0.25) is 0 Å². The van der Waals surface area contributed by atoms with E-state index in [-0.39, 0.29) is 6.04 Å². The highest BCUT2D eigenvalue weighted by molar-refractivity contribution is 5.25. The minimum Gasteiger partial charge on any atom is -0.469 e. The molecule has 0 saturated carbocycles. The number of hydrogen-bond donors (Lipinski definition) is 1. The molecule has 0 saturated heterocycles. The Labute approximate surface area is 82.4 Å². The van der Waals surface area contributed by atoms with Gasteiger partial charge in [-0.1, -0.05) is 0 Å². The second-order valence-corrected chi connectivity index (χ2v) is 3.31. The molecule has 2 aromatic rings. The van der Waals surface area contributed by atoms with E-state index in [0.717, 1.165) is 17.1 Å². The van der Waals surface area contributed by atoms with Crippen LogP contribution in [0, 0.1) is 6.92 Å². The number of aromatic nitrogens is 2. The standard InChI is InChI=1S/C10H13N3O/c1-7-8(3-6-14-7)9(11)10-12-4-5-13(10)2/h3-6,9H,11H2,1-2H3. The van der Waals surface area contributed by atoms with Gasteiger partial charge < -0.3 is 14.7 Å². The van der Waals surface area contributed by atoms with Crippen LogP contribution in [0.3, 0.4) is 0 Å². The predicted octanol–water partition coefficient (Wildman–Crippen LogP) is 1.37. The van der Waals surface area contributed by atoms with Crippen LogP contribution in [0.2, 0.25) is 0 Å². The van der Waals surface area contributed by atoms with Gasteiger partial charge in [0.2, 0.25) is 0 Å². The Morgan fingerprint density at radius 1 is 1.57 bits per heavy atom. The number of hydrogen-bond acceptors (Lipinski definition) is 3. The molecule has 1 unspecified atom stereocenters. The van der Waals surface area contributed by atoms with E-state index in [9.17, 15) is 0 Å². The molecule has 4 nitrogen and oxygen atoms in total. The lowest BCUT2D eigenvalue weighted by Crippen LogP contribution is -2.16. The monoisotopic (exact) mass is 191 g/mol. The zero-order chi connectivity index (χ0) is 10.1. The Hall–Kier alpha value is -1.55. The van der Waals surface area contributed by atoms with Crippen molar-refractivity contribution in [1.82, 2.24) is 9.55 Å². The van der Waals surface area contributed by atoms with Gasteiger partial charge in [0.15, 0.2) is 0 Å². The molecule has 0 aromatic carbocycles. The zero-order valence-corrected chi connectivity index (χ0v) is 8.27. The summed E-state index contributed by atoms with van der Waals surface area (Å²) in [6, 6.07) is 1.67. The third-order valence-electron chi connectivity index (χ3n) is 2.37. The highest BCUT2D eigenvalue weighted by atomic mass is 16.3. The average molecular weight is 191 g/mol. The SMILES string of the molecule is Cc1occc1C(N)c1nccn1C. The van der Waals surface area contributed by atoms with Gasteiger partial charge in [-0.25, -0.2) is 4.98 Å². The number of nitrogens with zero attached hydrogens (tertiary/aromatic N) is 2. The van der Waals surface area contributed by atoms with Gasteiger partial charge in [0.25, 0.3) is 0 Å². The maximum absolute atomic E-state index is 6.06. The number of nitrogens with two attached hydrogens (primary N) is 1. The summed E-state index contributed by atoms with van der Waals surface area (Å²) in [6.45, 7) is 1.90. The van der Waals surface area contributed by atoms with E-state index >= 15 is 0 Å². The smallest absolute Gasteiger partial charge is 0.130 e. The second kappa shape index (κ2) is 3.31. The molecule has 0 aliphatic heterocycles. The van der Waals surface area contributed by atoms with Gasteiger partial charge in [-0.15, -0.1) is 0 Å². The molecule has 0 fully saturated rings. The fraction of sp³-hybridized carbons (Fsp3) is 0.300. The molecule has 2 aromatic heterocycles. The van der Waals surface area contributed by atoms with E-state index in [4.69, 9.17) is 10.2 Å². The summed E-state index contributed by atoms with van der Waals surface area (Å²) < 4.78 is 7.12. The van der Waals surface area contributed by atoms with Crippen LogP contribution in [0.1, 0.15) is 23.2 Å². The van der Waals surface area contributed by atoms with Crippen LogP contribution in [0.25, 0.3) is 0 Å². The van der Waals surface area contributed by atoms with E-state index in [1.165, 1.54) is 0 Å². The summed E-state index contributed by atoms with van der Waals surface area (Å²) >= 11 is 0. The quantitative estimate of drug-likeness (QED) is 0.780. The first-order valence-electron chi connectivity index (χ1n) is 4.47. The van der Waals surface area contributed by atoms with Crippen molar-refractivity contribution < 1.29 is 4.42 Å². The van der Waals surface area contributed by atoms with Crippen molar-refractivity contribution in [3.8, 4) is 0 Å². The first kappa shape index (κ1) is 9.02.